The van der Waals surface area contributed by atoms with Crippen molar-refractivity contribution in [3.05, 3.63) is 11.6 Å². The molecular formula is C14H22N2O4. The Morgan fingerprint density at radius 3 is 2.70 bits per heavy atom. The maximum absolute atomic E-state index is 12.2. The Morgan fingerprint density at radius 1 is 1.45 bits per heavy atom. The topological polar surface area (TPSA) is 78.9 Å². The van der Waals surface area contributed by atoms with E-state index in [2.05, 4.69) is 11.4 Å². The van der Waals surface area contributed by atoms with E-state index in [0.29, 0.717) is 6.61 Å². The number of amides is 2. The molecule has 20 heavy (non-hydrogen) atoms. The van der Waals surface area contributed by atoms with Crippen LogP contribution in [0.2, 0.25) is 0 Å². The number of carboxylic acid groups (broad SMARTS) is 1. The van der Waals surface area contributed by atoms with Crippen molar-refractivity contribution in [1.82, 2.24) is 10.2 Å². The summed E-state index contributed by atoms with van der Waals surface area (Å²) in [4.78, 5) is 24.4. The Bertz CT molecular complexity index is 423. The lowest BCUT2D eigenvalue weighted by Gasteiger charge is -2.33. The fraction of sp³-hybridized carbons (Fsp3) is 0.714. The Labute approximate surface area is 118 Å². The van der Waals surface area contributed by atoms with Crippen molar-refractivity contribution in [1.29, 1.82) is 0 Å². The van der Waals surface area contributed by atoms with Gasteiger partial charge in [-0.2, -0.15) is 0 Å². The second-order valence-electron chi connectivity index (χ2n) is 5.78. The van der Waals surface area contributed by atoms with Crippen molar-refractivity contribution in [2.75, 3.05) is 13.2 Å². The van der Waals surface area contributed by atoms with Crippen LogP contribution in [0.4, 0.5) is 4.79 Å². The van der Waals surface area contributed by atoms with E-state index in [1.807, 2.05) is 13.8 Å². The maximum Gasteiger partial charge on any atom is 0.405 e. The number of carbonyl (C=O) groups excluding carboxylic acids is 1. The fourth-order valence-electron chi connectivity index (χ4n) is 2.94. The normalized spacial score (nSPS) is 24.8. The van der Waals surface area contributed by atoms with Gasteiger partial charge in [-0.1, -0.05) is 11.6 Å². The highest BCUT2D eigenvalue weighted by molar-refractivity contribution is 5.83. The first-order chi connectivity index (χ1) is 9.40. The van der Waals surface area contributed by atoms with Gasteiger partial charge >= 0.3 is 6.09 Å². The molecule has 2 N–H and O–H groups in total. The molecule has 0 radical (unpaired) electrons. The molecule has 1 aliphatic carbocycles. The summed E-state index contributed by atoms with van der Waals surface area (Å²) < 4.78 is 5.69. The predicted octanol–water partition coefficient (Wildman–Crippen LogP) is 1.72. The molecule has 1 heterocycles. The van der Waals surface area contributed by atoms with Gasteiger partial charge in [0.1, 0.15) is 12.3 Å². The molecule has 6 nitrogen and oxygen atoms in total. The summed E-state index contributed by atoms with van der Waals surface area (Å²) in [6, 6.07) is -0.0961. The highest BCUT2D eigenvalue weighted by atomic mass is 16.5. The van der Waals surface area contributed by atoms with Gasteiger partial charge in [0.05, 0.1) is 12.6 Å². The molecular weight excluding hydrogens is 260 g/mol. The van der Waals surface area contributed by atoms with Crippen LogP contribution in [0.3, 0.4) is 0 Å². The van der Waals surface area contributed by atoms with E-state index in [0.717, 1.165) is 12.8 Å². The van der Waals surface area contributed by atoms with E-state index >= 15 is 0 Å². The standard InChI is InChI=1S/C14H22N2O4/c1-14(2)16(12(17)8-15-13(18)19)11(9-20-14)7-10-5-3-4-6-10/h7,11,15H,3-6,8-9H2,1-2H3,(H,18,19). The first-order valence-corrected chi connectivity index (χ1v) is 7.02. The zero-order chi connectivity index (χ0) is 14.8. The van der Waals surface area contributed by atoms with Gasteiger partial charge in [-0.3, -0.25) is 4.79 Å². The Kier molecular flexibility index (Phi) is 4.32. The number of allylic oxidation sites excluding steroid dienone is 1. The second kappa shape index (κ2) is 5.83. The predicted molar refractivity (Wildman–Crippen MR) is 73.2 cm³/mol. The molecule has 0 aromatic rings. The summed E-state index contributed by atoms with van der Waals surface area (Å²) in [6.45, 7) is 3.91. The number of hydrogen-bond donors (Lipinski definition) is 2. The number of carbonyl (C=O) groups is 2. The third kappa shape index (κ3) is 3.30. The molecule has 0 aromatic carbocycles. The number of rotatable bonds is 3. The summed E-state index contributed by atoms with van der Waals surface area (Å²) in [6.07, 6.45) is 5.52. The third-order valence-corrected chi connectivity index (χ3v) is 3.85. The van der Waals surface area contributed by atoms with E-state index in [4.69, 9.17) is 9.84 Å². The molecule has 112 valence electrons. The van der Waals surface area contributed by atoms with E-state index in [9.17, 15) is 9.59 Å². The molecule has 2 fully saturated rings. The molecule has 2 rings (SSSR count). The van der Waals surface area contributed by atoms with Crippen LogP contribution in [0.1, 0.15) is 39.5 Å². The molecule has 6 heteroatoms. The Hall–Kier alpha value is -1.56. The van der Waals surface area contributed by atoms with Gasteiger partial charge in [-0.15, -0.1) is 0 Å². The summed E-state index contributed by atoms with van der Waals surface area (Å²) in [7, 11) is 0. The molecule has 2 amide bonds. The number of nitrogens with one attached hydrogen (secondary N) is 1. The molecule has 0 bridgehead atoms. The zero-order valence-electron chi connectivity index (χ0n) is 12.0. The van der Waals surface area contributed by atoms with Crippen molar-refractivity contribution >= 4 is 12.0 Å². The Morgan fingerprint density at radius 2 is 2.10 bits per heavy atom. The molecule has 0 spiro atoms. The molecule has 0 aromatic heterocycles. The minimum atomic E-state index is -1.19. The van der Waals surface area contributed by atoms with Crippen LogP contribution < -0.4 is 5.32 Å². The van der Waals surface area contributed by atoms with Crippen molar-refractivity contribution in [2.24, 2.45) is 0 Å². The average molecular weight is 282 g/mol. The minimum absolute atomic E-state index is 0.0961. The average Bonchev–Trinajstić information content (AvgIpc) is 2.95. The first-order valence-electron chi connectivity index (χ1n) is 7.02. The number of nitrogens with zero attached hydrogens (tertiary/aromatic N) is 1. The van der Waals surface area contributed by atoms with Gasteiger partial charge in [0.25, 0.3) is 0 Å². The van der Waals surface area contributed by atoms with Gasteiger partial charge in [-0.05, 0) is 39.5 Å². The molecule has 1 saturated heterocycles. The molecule has 1 saturated carbocycles. The molecule has 1 atom stereocenters. The van der Waals surface area contributed by atoms with Crippen LogP contribution in [-0.2, 0) is 9.53 Å². The van der Waals surface area contributed by atoms with E-state index in [-0.39, 0.29) is 18.5 Å². The molecule has 1 unspecified atom stereocenters. The van der Waals surface area contributed by atoms with Crippen molar-refractivity contribution in [2.45, 2.75) is 51.3 Å². The smallest absolute Gasteiger partial charge is 0.405 e. The largest absolute Gasteiger partial charge is 0.465 e. The number of ether oxygens (including phenoxy) is 1. The van der Waals surface area contributed by atoms with Crippen molar-refractivity contribution < 1.29 is 19.4 Å². The summed E-state index contributed by atoms with van der Waals surface area (Å²) in [5, 5.41) is 10.7. The number of hydrogen-bond acceptors (Lipinski definition) is 3. The SMILES string of the molecule is CC1(C)OCC(C=C2CCCC2)N1C(=O)CNC(=O)O. The van der Waals surface area contributed by atoms with Gasteiger partial charge in [0, 0.05) is 0 Å². The lowest BCUT2D eigenvalue weighted by molar-refractivity contribution is -0.144. The quantitative estimate of drug-likeness (QED) is 0.772. The van der Waals surface area contributed by atoms with Crippen LogP contribution in [-0.4, -0.2) is 46.9 Å². The van der Waals surface area contributed by atoms with Crippen molar-refractivity contribution in [3.63, 3.8) is 0 Å². The lowest BCUT2D eigenvalue weighted by Crippen LogP contribution is -2.51. The fourth-order valence-corrected chi connectivity index (χ4v) is 2.94. The van der Waals surface area contributed by atoms with Gasteiger partial charge in [0.2, 0.25) is 5.91 Å². The zero-order valence-corrected chi connectivity index (χ0v) is 12.0. The van der Waals surface area contributed by atoms with Crippen LogP contribution in [0.15, 0.2) is 11.6 Å². The third-order valence-electron chi connectivity index (χ3n) is 3.85. The monoisotopic (exact) mass is 282 g/mol. The van der Waals surface area contributed by atoms with Crippen molar-refractivity contribution in [3.8, 4) is 0 Å². The van der Waals surface area contributed by atoms with Gasteiger partial charge < -0.3 is 20.1 Å². The Balaban J connectivity index is 2.09. The minimum Gasteiger partial charge on any atom is -0.465 e. The first kappa shape index (κ1) is 14.8. The second-order valence-corrected chi connectivity index (χ2v) is 5.78. The van der Waals surface area contributed by atoms with E-state index in [1.165, 1.54) is 18.4 Å². The van der Waals surface area contributed by atoms with Crippen LogP contribution in [0.25, 0.3) is 0 Å². The highest BCUT2D eigenvalue weighted by Gasteiger charge is 2.42. The van der Waals surface area contributed by atoms with Gasteiger partial charge in [-0.25, -0.2) is 4.79 Å². The van der Waals surface area contributed by atoms with Crippen LogP contribution >= 0.6 is 0 Å². The molecule has 1 aliphatic heterocycles. The van der Waals surface area contributed by atoms with Gasteiger partial charge in [0.15, 0.2) is 0 Å². The van der Waals surface area contributed by atoms with Crippen LogP contribution in [0.5, 0.6) is 0 Å². The van der Waals surface area contributed by atoms with E-state index in [1.54, 1.807) is 4.90 Å². The summed E-state index contributed by atoms with van der Waals surface area (Å²) in [5.74, 6) is -0.255. The van der Waals surface area contributed by atoms with E-state index < -0.39 is 11.8 Å². The summed E-state index contributed by atoms with van der Waals surface area (Å²) in [5.41, 5.74) is 0.678. The maximum atomic E-state index is 12.2. The highest BCUT2D eigenvalue weighted by Crippen LogP contribution is 2.31. The summed E-state index contributed by atoms with van der Waals surface area (Å²) >= 11 is 0. The molecule has 2 aliphatic rings. The lowest BCUT2D eigenvalue weighted by atomic mass is 10.1. The van der Waals surface area contributed by atoms with Crippen LogP contribution in [0, 0.1) is 0 Å².